The Balaban J connectivity index is 2.02. The quantitative estimate of drug-likeness (QED) is 0.768. The minimum atomic E-state index is -0.127. The predicted octanol–water partition coefficient (Wildman–Crippen LogP) is 1.75. The molecule has 1 rings (SSSR count). The standard InChI is InChI=1S/C12H22N4O/c1-12(2,3)14-11(17)7-5-4-6-9-16-10-8-13-15-16/h8,10H,4-7,9H2,1-3H3,(H,14,17). The van der Waals surface area contributed by atoms with Crippen LogP contribution in [-0.4, -0.2) is 26.4 Å². The molecule has 1 amide bonds. The second-order valence-electron chi connectivity index (χ2n) is 5.27. The van der Waals surface area contributed by atoms with Gasteiger partial charge in [0, 0.05) is 24.7 Å². The molecule has 0 radical (unpaired) electrons. The summed E-state index contributed by atoms with van der Waals surface area (Å²) in [6, 6.07) is 0. The molecule has 0 aliphatic carbocycles. The van der Waals surface area contributed by atoms with E-state index in [-0.39, 0.29) is 11.4 Å². The van der Waals surface area contributed by atoms with Crippen LogP contribution in [0, 0.1) is 0 Å². The van der Waals surface area contributed by atoms with E-state index in [1.807, 2.05) is 31.6 Å². The first-order valence-corrected chi connectivity index (χ1v) is 6.12. The second kappa shape index (κ2) is 6.37. The highest BCUT2D eigenvalue weighted by Gasteiger charge is 2.12. The molecular formula is C12H22N4O. The van der Waals surface area contributed by atoms with E-state index in [1.54, 1.807) is 6.20 Å². The Morgan fingerprint density at radius 2 is 2.06 bits per heavy atom. The van der Waals surface area contributed by atoms with Crippen LogP contribution in [0.15, 0.2) is 12.4 Å². The molecule has 0 atom stereocenters. The molecule has 96 valence electrons. The van der Waals surface area contributed by atoms with E-state index in [1.165, 1.54) is 0 Å². The topological polar surface area (TPSA) is 59.8 Å². The van der Waals surface area contributed by atoms with Gasteiger partial charge in [-0.05, 0) is 33.6 Å². The van der Waals surface area contributed by atoms with E-state index in [4.69, 9.17) is 0 Å². The van der Waals surface area contributed by atoms with Gasteiger partial charge in [-0.1, -0.05) is 11.6 Å². The molecule has 1 heterocycles. The Kier molecular flexibility index (Phi) is 5.12. The molecule has 0 aliphatic heterocycles. The first-order valence-electron chi connectivity index (χ1n) is 6.12. The fraction of sp³-hybridized carbons (Fsp3) is 0.750. The van der Waals surface area contributed by atoms with Crippen LogP contribution in [0.5, 0.6) is 0 Å². The van der Waals surface area contributed by atoms with Gasteiger partial charge >= 0.3 is 0 Å². The van der Waals surface area contributed by atoms with Crippen LogP contribution in [0.3, 0.4) is 0 Å². The molecule has 5 nitrogen and oxygen atoms in total. The van der Waals surface area contributed by atoms with Crippen molar-refractivity contribution in [3.63, 3.8) is 0 Å². The van der Waals surface area contributed by atoms with E-state index in [9.17, 15) is 4.79 Å². The summed E-state index contributed by atoms with van der Waals surface area (Å²) in [5.41, 5.74) is -0.127. The maximum absolute atomic E-state index is 11.5. The molecule has 0 aliphatic rings. The smallest absolute Gasteiger partial charge is 0.220 e. The maximum Gasteiger partial charge on any atom is 0.220 e. The Morgan fingerprint density at radius 1 is 1.29 bits per heavy atom. The summed E-state index contributed by atoms with van der Waals surface area (Å²) in [6.45, 7) is 6.86. The zero-order valence-electron chi connectivity index (χ0n) is 10.9. The van der Waals surface area contributed by atoms with Gasteiger partial charge in [0.15, 0.2) is 0 Å². The van der Waals surface area contributed by atoms with E-state index in [2.05, 4.69) is 15.6 Å². The van der Waals surface area contributed by atoms with Crippen molar-refractivity contribution in [1.82, 2.24) is 20.3 Å². The van der Waals surface area contributed by atoms with Crippen LogP contribution < -0.4 is 5.32 Å². The van der Waals surface area contributed by atoms with Gasteiger partial charge in [-0.3, -0.25) is 9.48 Å². The van der Waals surface area contributed by atoms with Crippen molar-refractivity contribution in [2.45, 2.75) is 58.5 Å². The summed E-state index contributed by atoms with van der Waals surface area (Å²) >= 11 is 0. The molecule has 0 spiro atoms. The fourth-order valence-electron chi connectivity index (χ4n) is 1.57. The van der Waals surface area contributed by atoms with Crippen LogP contribution >= 0.6 is 0 Å². The van der Waals surface area contributed by atoms with Crippen molar-refractivity contribution in [3.8, 4) is 0 Å². The van der Waals surface area contributed by atoms with Crippen molar-refractivity contribution >= 4 is 5.91 Å². The number of nitrogens with one attached hydrogen (secondary N) is 1. The van der Waals surface area contributed by atoms with Crippen molar-refractivity contribution in [3.05, 3.63) is 12.4 Å². The van der Waals surface area contributed by atoms with Gasteiger partial charge < -0.3 is 5.32 Å². The highest BCUT2D eigenvalue weighted by Crippen LogP contribution is 2.04. The fourth-order valence-corrected chi connectivity index (χ4v) is 1.57. The summed E-state index contributed by atoms with van der Waals surface area (Å²) in [5.74, 6) is 0.137. The summed E-state index contributed by atoms with van der Waals surface area (Å²) in [6.07, 6.45) is 7.14. The van der Waals surface area contributed by atoms with E-state index in [0.717, 1.165) is 25.8 Å². The Hall–Kier alpha value is -1.39. The molecule has 5 heteroatoms. The Morgan fingerprint density at radius 3 is 2.65 bits per heavy atom. The van der Waals surface area contributed by atoms with Crippen LogP contribution in [-0.2, 0) is 11.3 Å². The third-order valence-electron chi connectivity index (χ3n) is 2.28. The minimum absolute atomic E-state index is 0.127. The number of hydrogen-bond acceptors (Lipinski definition) is 3. The van der Waals surface area contributed by atoms with Gasteiger partial charge in [0.05, 0.1) is 6.20 Å². The van der Waals surface area contributed by atoms with Gasteiger partial charge in [-0.2, -0.15) is 0 Å². The first kappa shape index (κ1) is 13.7. The number of nitrogens with zero attached hydrogens (tertiary/aromatic N) is 3. The summed E-state index contributed by atoms with van der Waals surface area (Å²) in [5, 5.41) is 10.6. The average molecular weight is 238 g/mol. The third kappa shape index (κ3) is 6.71. The van der Waals surface area contributed by atoms with E-state index >= 15 is 0 Å². The minimum Gasteiger partial charge on any atom is -0.352 e. The van der Waals surface area contributed by atoms with Crippen LogP contribution in [0.4, 0.5) is 0 Å². The van der Waals surface area contributed by atoms with Crippen molar-refractivity contribution in [2.75, 3.05) is 0 Å². The van der Waals surface area contributed by atoms with Crippen LogP contribution in [0.25, 0.3) is 0 Å². The van der Waals surface area contributed by atoms with E-state index < -0.39 is 0 Å². The molecule has 0 saturated carbocycles. The van der Waals surface area contributed by atoms with Crippen molar-refractivity contribution in [2.24, 2.45) is 0 Å². The molecule has 0 aromatic carbocycles. The molecule has 1 aromatic heterocycles. The van der Waals surface area contributed by atoms with Crippen molar-refractivity contribution in [1.29, 1.82) is 0 Å². The number of unbranched alkanes of at least 4 members (excludes halogenated alkanes) is 2. The molecule has 1 aromatic rings. The molecule has 0 bridgehead atoms. The number of aryl methyl sites for hydroxylation is 1. The molecular weight excluding hydrogens is 216 g/mol. The summed E-state index contributed by atoms with van der Waals surface area (Å²) < 4.78 is 1.81. The maximum atomic E-state index is 11.5. The second-order valence-corrected chi connectivity index (χ2v) is 5.27. The molecule has 0 unspecified atom stereocenters. The van der Waals surface area contributed by atoms with E-state index in [0.29, 0.717) is 6.42 Å². The summed E-state index contributed by atoms with van der Waals surface area (Å²) in [4.78, 5) is 11.5. The Bertz CT molecular complexity index is 327. The molecule has 1 N–H and O–H groups in total. The van der Waals surface area contributed by atoms with Gasteiger partial charge in [-0.15, -0.1) is 5.10 Å². The molecule has 17 heavy (non-hydrogen) atoms. The van der Waals surface area contributed by atoms with Gasteiger partial charge in [-0.25, -0.2) is 0 Å². The first-order chi connectivity index (χ1) is 7.97. The molecule has 0 saturated heterocycles. The van der Waals surface area contributed by atoms with Gasteiger partial charge in [0.25, 0.3) is 0 Å². The van der Waals surface area contributed by atoms with Crippen LogP contribution in [0.1, 0.15) is 46.5 Å². The number of hydrogen-bond donors (Lipinski definition) is 1. The lowest BCUT2D eigenvalue weighted by atomic mass is 10.1. The number of carbonyl (C=O) groups is 1. The largest absolute Gasteiger partial charge is 0.352 e. The number of amides is 1. The molecule has 0 fully saturated rings. The van der Waals surface area contributed by atoms with Gasteiger partial charge in [0.1, 0.15) is 0 Å². The monoisotopic (exact) mass is 238 g/mol. The lowest BCUT2D eigenvalue weighted by Gasteiger charge is -2.20. The SMILES string of the molecule is CC(C)(C)NC(=O)CCCCCn1ccnn1. The zero-order valence-corrected chi connectivity index (χ0v) is 10.9. The zero-order chi connectivity index (χ0) is 12.7. The number of carbonyl (C=O) groups excluding carboxylic acids is 1. The van der Waals surface area contributed by atoms with Crippen molar-refractivity contribution < 1.29 is 4.79 Å². The number of aromatic nitrogens is 3. The highest BCUT2D eigenvalue weighted by atomic mass is 16.1. The summed E-state index contributed by atoms with van der Waals surface area (Å²) in [7, 11) is 0. The lowest BCUT2D eigenvalue weighted by Crippen LogP contribution is -2.40. The van der Waals surface area contributed by atoms with Crippen LogP contribution in [0.2, 0.25) is 0 Å². The Labute approximate surface area is 103 Å². The lowest BCUT2D eigenvalue weighted by molar-refractivity contribution is -0.122. The predicted molar refractivity (Wildman–Crippen MR) is 66.4 cm³/mol. The van der Waals surface area contributed by atoms with Gasteiger partial charge in [0.2, 0.25) is 5.91 Å². The number of rotatable bonds is 6. The third-order valence-corrected chi connectivity index (χ3v) is 2.28. The average Bonchev–Trinajstić information content (AvgIpc) is 2.67. The highest BCUT2D eigenvalue weighted by molar-refractivity contribution is 5.76. The normalized spacial score (nSPS) is 11.5.